The molecule has 0 aromatic carbocycles. The number of hydrogen-bond donors (Lipinski definition) is 1. The number of pyridine rings is 1. The molecule has 2 saturated heterocycles. The Kier molecular flexibility index (Phi) is 7.30. The van der Waals surface area contributed by atoms with E-state index >= 15 is 0 Å². The van der Waals surface area contributed by atoms with Crippen LogP contribution in [0.3, 0.4) is 0 Å². The summed E-state index contributed by atoms with van der Waals surface area (Å²) < 4.78 is 9.40. The normalized spacial score (nSPS) is 20.9. The van der Waals surface area contributed by atoms with Gasteiger partial charge in [0.2, 0.25) is 0 Å². The minimum Gasteiger partial charge on any atom is -0.382 e. The lowest BCUT2D eigenvalue weighted by atomic mass is 10.0. The number of hydrogen-bond acceptors (Lipinski definition) is 7. The van der Waals surface area contributed by atoms with Crippen LogP contribution in [-0.2, 0) is 4.74 Å². The van der Waals surface area contributed by atoms with E-state index in [4.69, 9.17) is 16.3 Å². The molecule has 2 aromatic heterocycles. The molecule has 4 rings (SSSR count). The van der Waals surface area contributed by atoms with Gasteiger partial charge in [-0.05, 0) is 62.6 Å². The van der Waals surface area contributed by atoms with Gasteiger partial charge >= 0.3 is 0 Å². The Hall–Kier alpha value is -1.61. The van der Waals surface area contributed by atoms with Crippen molar-refractivity contribution in [2.45, 2.75) is 43.5 Å². The molecule has 9 heteroatoms. The number of nitrogens with zero attached hydrogens (tertiary/aromatic N) is 4. The van der Waals surface area contributed by atoms with E-state index in [1.165, 1.54) is 4.90 Å². The molecule has 0 aliphatic carbocycles. The van der Waals surface area contributed by atoms with Gasteiger partial charge in [0.05, 0.1) is 30.2 Å². The Morgan fingerprint density at radius 3 is 2.90 bits per heavy atom. The molecule has 2 aromatic rings. The molecule has 1 N–H and O–H groups in total. The molecule has 1 unspecified atom stereocenters. The molecule has 2 aliphatic heterocycles. The first kappa shape index (κ1) is 21.6. The summed E-state index contributed by atoms with van der Waals surface area (Å²) in [7, 11) is 0. The predicted octanol–water partition coefficient (Wildman–Crippen LogP) is 3.78. The molecule has 0 bridgehead atoms. The van der Waals surface area contributed by atoms with E-state index in [2.05, 4.69) is 25.8 Å². The summed E-state index contributed by atoms with van der Waals surface area (Å²) in [6, 6.07) is 4.13. The summed E-state index contributed by atoms with van der Waals surface area (Å²) in [4.78, 5) is 18.4. The number of aryl methyl sites for hydroxylation is 1. The number of piperidine rings is 1. The van der Waals surface area contributed by atoms with Crippen molar-refractivity contribution < 1.29 is 4.74 Å². The molecule has 7 nitrogen and oxygen atoms in total. The molecule has 0 amide bonds. The Morgan fingerprint density at radius 1 is 1.33 bits per heavy atom. The first-order valence-corrected chi connectivity index (χ1v) is 11.7. The number of nitrogens with one attached hydrogen (secondary N) is 1. The first-order valence-electron chi connectivity index (χ1n) is 10.6. The van der Waals surface area contributed by atoms with E-state index in [0.29, 0.717) is 11.6 Å². The van der Waals surface area contributed by atoms with Gasteiger partial charge < -0.3 is 10.1 Å². The fourth-order valence-corrected chi connectivity index (χ4v) is 5.13. The van der Waals surface area contributed by atoms with Crippen LogP contribution in [0, 0.1) is 12.8 Å². The second kappa shape index (κ2) is 10.1. The van der Waals surface area contributed by atoms with Gasteiger partial charge in [-0.2, -0.15) is 5.10 Å². The molecule has 162 valence electrons. The molecule has 4 heterocycles. The second-order valence-corrected chi connectivity index (χ2v) is 9.44. The number of rotatable bonds is 6. The molecule has 2 fully saturated rings. The standard InChI is InChI=1S/C21H28ClN5O2S/c1-15-19(5-2-8-23-15)30-26-9-6-17(7-10-26)27-21(28)20(22)18(13-25-27)24-12-16-4-3-11-29-14-16/h2,5,8,13,16-17,24H,3-4,6-7,9-12,14H2,1H3. The van der Waals surface area contributed by atoms with E-state index in [9.17, 15) is 4.79 Å². The highest BCUT2D eigenvalue weighted by molar-refractivity contribution is 7.97. The number of anilines is 1. The van der Waals surface area contributed by atoms with E-state index in [-0.39, 0.29) is 16.6 Å². The topological polar surface area (TPSA) is 72.3 Å². The first-order chi connectivity index (χ1) is 14.6. The molecular weight excluding hydrogens is 422 g/mol. The second-order valence-electron chi connectivity index (χ2n) is 7.92. The molecule has 2 aliphatic rings. The van der Waals surface area contributed by atoms with Crippen molar-refractivity contribution >= 4 is 29.2 Å². The van der Waals surface area contributed by atoms with Crippen LogP contribution in [0.1, 0.15) is 37.4 Å². The third-order valence-electron chi connectivity index (χ3n) is 5.73. The van der Waals surface area contributed by atoms with Crippen LogP contribution in [-0.4, -0.2) is 51.9 Å². The minimum atomic E-state index is -0.212. The van der Waals surface area contributed by atoms with Crippen LogP contribution >= 0.6 is 23.5 Å². The molecule has 0 radical (unpaired) electrons. The van der Waals surface area contributed by atoms with Crippen LogP contribution in [0.15, 0.2) is 34.2 Å². The van der Waals surface area contributed by atoms with Gasteiger partial charge in [-0.3, -0.25) is 9.78 Å². The van der Waals surface area contributed by atoms with Gasteiger partial charge in [-0.1, -0.05) is 11.6 Å². The zero-order valence-corrected chi connectivity index (χ0v) is 18.8. The van der Waals surface area contributed by atoms with Crippen LogP contribution in [0.25, 0.3) is 0 Å². The van der Waals surface area contributed by atoms with Gasteiger partial charge in [0.25, 0.3) is 5.56 Å². The molecule has 0 saturated carbocycles. The summed E-state index contributed by atoms with van der Waals surface area (Å²) in [6.07, 6.45) is 7.44. The summed E-state index contributed by atoms with van der Waals surface area (Å²) in [6.45, 7) is 6.14. The largest absolute Gasteiger partial charge is 0.382 e. The highest BCUT2D eigenvalue weighted by atomic mass is 35.5. The maximum atomic E-state index is 12.8. The van der Waals surface area contributed by atoms with E-state index in [1.54, 1.807) is 22.8 Å². The van der Waals surface area contributed by atoms with Crippen molar-refractivity contribution in [1.82, 2.24) is 19.1 Å². The molecule has 0 spiro atoms. The predicted molar refractivity (Wildman–Crippen MR) is 120 cm³/mol. The van der Waals surface area contributed by atoms with Crippen molar-refractivity contribution in [2.24, 2.45) is 5.92 Å². The monoisotopic (exact) mass is 449 g/mol. The van der Waals surface area contributed by atoms with Crippen LogP contribution in [0.5, 0.6) is 0 Å². The smallest absolute Gasteiger partial charge is 0.287 e. The number of aromatic nitrogens is 3. The maximum Gasteiger partial charge on any atom is 0.287 e. The molecule has 1 atom stereocenters. The van der Waals surface area contributed by atoms with E-state index in [1.807, 2.05) is 19.2 Å². The summed E-state index contributed by atoms with van der Waals surface area (Å²) in [5.74, 6) is 0.447. The van der Waals surface area contributed by atoms with Gasteiger partial charge in [-0.15, -0.1) is 0 Å². The molecular formula is C21H28ClN5O2S. The average Bonchev–Trinajstić information content (AvgIpc) is 2.78. The summed E-state index contributed by atoms with van der Waals surface area (Å²) >= 11 is 8.14. The Labute approximate surface area is 186 Å². The third kappa shape index (κ3) is 5.17. The number of ether oxygens (including phenoxy) is 1. The van der Waals surface area contributed by atoms with Crippen molar-refractivity contribution in [3.8, 4) is 0 Å². The van der Waals surface area contributed by atoms with Crippen LogP contribution in [0.2, 0.25) is 5.02 Å². The Morgan fingerprint density at radius 2 is 2.17 bits per heavy atom. The van der Waals surface area contributed by atoms with Crippen LogP contribution < -0.4 is 10.9 Å². The lowest BCUT2D eigenvalue weighted by Crippen LogP contribution is -2.36. The summed E-state index contributed by atoms with van der Waals surface area (Å²) in [5, 5.41) is 7.95. The fourth-order valence-electron chi connectivity index (χ4n) is 3.93. The number of halogens is 1. The minimum absolute atomic E-state index is 0.0719. The van der Waals surface area contributed by atoms with E-state index < -0.39 is 0 Å². The highest BCUT2D eigenvalue weighted by Gasteiger charge is 2.25. The van der Waals surface area contributed by atoms with Gasteiger partial charge in [0.15, 0.2) is 0 Å². The van der Waals surface area contributed by atoms with Crippen molar-refractivity contribution in [3.05, 3.63) is 45.6 Å². The Bertz CT molecular complexity index is 911. The SMILES string of the molecule is Cc1ncccc1SN1CCC(n2ncc(NCC3CCCOC3)c(Cl)c2=O)CC1. The van der Waals surface area contributed by atoms with E-state index in [0.717, 1.165) is 64.2 Å². The fraction of sp³-hybridized carbons (Fsp3) is 0.571. The zero-order valence-electron chi connectivity index (χ0n) is 17.2. The van der Waals surface area contributed by atoms with Gasteiger partial charge in [-0.25, -0.2) is 8.99 Å². The van der Waals surface area contributed by atoms with Gasteiger partial charge in [0, 0.05) is 37.3 Å². The highest BCUT2D eigenvalue weighted by Crippen LogP contribution is 2.31. The molecule has 30 heavy (non-hydrogen) atoms. The third-order valence-corrected chi connectivity index (χ3v) is 7.35. The van der Waals surface area contributed by atoms with Crippen molar-refractivity contribution in [2.75, 3.05) is 38.2 Å². The lowest BCUT2D eigenvalue weighted by Gasteiger charge is -2.31. The quantitative estimate of drug-likeness (QED) is 0.672. The summed E-state index contributed by atoms with van der Waals surface area (Å²) in [5.41, 5.74) is 1.44. The lowest BCUT2D eigenvalue weighted by molar-refractivity contribution is 0.0595. The van der Waals surface area contributed by atoms with Gasteiger partial charge in [0.1, 0.15) is 5.02 Å². The Balaban J connectivity index is 1.35. The van der Waals surface area contributed by atoms with Crippen LogP contribution in [0.4, 0.5) is 5.69 Å². The average molecular weight is 450 g/mol. The van der Waals surface area contributed by atoms with Crippen molar-refractivity contribution in [3.63, 3.8) is 0 Å². The van der Waals surface area contributed by atoms with Crippen molar-refractivity contribution in [1.29, 1.82) is 0 Å². The maximum absolute atomic E-state index is 12.8. The zero-order chi connectivity index (χ0) is 20.9.